The molecule has 0 saturated carbocycles. The molecule has 26 heavy (non-hydrogen) atoms. The summed E-state index contributed by atoms with van der Waals surface area (Å²) in [6.45, 7) is 6.13. The van der Waals surface area contributed by atoms with E-state index >= 15 is 0 Å². The monoisotopic (exact) mass is 350 g/mol. The summed E-state index contributed by atoms with van der Waals surface area (Å²) in [5, 5.41) is 3.14. The zero-order valence-electron chi connectivity index (χ0n) is 15.5. The predicted octanol–water partition coefficient (Wildman–Crippen LogP) is 3.35. The van der Waals surface area contributed by atoms with Crippen molar-refractivity contribution in [3.8, 4) is 0 Å². The average molecular weight is 350 g/mol. The van der Waals surface area contributed by atoms with Gasteiger partial charge < -0.3 is 16.0 Å². The van der Waals surface area contributed by atoms with E-state index in [1.54, 1.807) is 0 Å². The van der Waals surface area contributed by atoms with Crippen LogP contribution in [0.15, 0.2) is 47.5 Å². The summed E-state index contributed by atoms with van der Waals surface area (Å²) in [6, 6.07) is 14.2. The predicted molar refractivity (Wildman–Crippen MR) is 106 cm³/mol. The first-order chi connectivity index (χ1) is 12.5. The maximum Gasteiger partial charge on any atom is 0.222 e. The second-order valence-electron chi connectivity index (χ2n) is 6.81. The average Bonchev–Trinajstić information content (AvgIpc) is 3.02. The summed E-state index contributed by atoms with van der Waals surface area (Å²) in [5.41, 5.74) is 11.7. The van der Waals surface area contributed by atoms with Gasteiger partial charge in [0.05, 0.1) is 6.54 Å². The first-order valence-corrected chi connectivity index (χ1v) is 9.01. The minimum atomic E-state index is 0.235. The molecule has 5 heteroatoms. The van der Waals surface area contributed by atoms with Crippen LogP contribution in [0, 0.1) is 13.8 Å². The Bertz CT molecular complexity index is 829. The number of aliphatic imine (C=N–C) groups is 1. The van der Waals surface area contributed by atoms with Crippen molar-refractivity contribution in [2.45, 2.75) is 39.8 Å². The molecule has 0 radical (unpaired) electrons. The van der Waals surface area contributed by atoms with E-state index in [0.29, 0.717) is 25.5 Å². The topological polar surface area (TPSA) is 70.7 Å². The number of nitrogens with two attached hydrogens (primary N) is 1. The van der Waals surface area contributed by atoms with E-state index in [4.69, 9.17) is 5.73 Å². The zero-order chi connectivity index (χ0) is 18.5. The van der Waals surface area contributed by atoms with Crippen LogP contribution in [-0.4, -0.2) is 23.3 Å². The first kappa shape index (κ1) is 18.0. The van der Waals surface area contributed by atoms with Crippen molar-refractivity contribution in [1.29, 1.82) is 0 Å². The highest BCUT2D eigenvalue weighted by Gasteiger charge is 2.20. The molecule has 0 atom stereocenters. The van der Waals surface area contributed by atoms with E-state index < -0.39 is 0 Å². The van der Waals surface area contributed by atoms with Crippen LogP contribution in [0.5, 0.6) is 0 Å². The van der Waals surface area contributed by atoms with E-state index in [1.807, 2.05) is 29.2 Å². The Morgan fingerprint density at radius 1 is 1.15 bits per heavy atom. The number of benzene rings is 2. The number of hydrogen-bond acceptors (Lipinski definition) is 2. The molecule has 3 rings (SSSR count). The molecule has 0 spiro atoms. The van der Waals surface area contributed by atoms with Crippen molar-refractivity contribution in [2.75, 3.05) is 11.9 Å². The van der Waals surface area contributed by atoms with Crippen LogP contribution in [0.1, 0.15) is 35.1 Å². The second kappa shape index (κ2) is 8.04. The van der Waals surface area contributed by atoms with Gasteiger partial charge in [-0.15, -0.1) is 0 Å². The number of anilines is 1. The fourth-order valence-corrected chi connectivity index (χ4v) is 3.12. The number of carbonyl (C=O) groups excluding carboxylic acids is 1. The number of likely N-dealkylation sites (tertiary alicyclic amines) is 1. The van der Waals surface area contributed by atoms with Gasteiger partial charge in [0.2, 0.25) is 5.91 Å². The molecule has 0 aliphatic carbocycles. The highest BCUT2D eigenvalue weighted by molar-refractivity contribution is 5.92. The van der Waals surface area contributed by atoms with E-state index in [2.05, 4.69) is 42.4 Å². The van der Waals surface area contributed by atoms with Crippen LogP contribution in [0.4, 0.5) is 5.69 Å². The van der Waals surface area contributed by atoms with Crippen molar-refractivity contribution < 1.29 is 4.79 Å². The summed E-state index contributed by atoms with van der Waals surface area (Å²) in [5.74, 6) is 0.625. The molecule has 1 amide bonds. The van der Waals surface area contributed by atoms with Gasteiger partial charge in [-0.05, 0) is 54.7 Å². The van der Waals surface area contributed by atoms with Crippen molar-refractivity contribution >= 4 is 17.6 Å². The minimum absolute atomic E-state index is 0.235. The van der Waals surface area contributed by atoms with Crippen molar-refractivity contribution in [1.82, 2.24) is 4.90 Å². The lowest BCUT2D eigenvalue weighted by Crippen LogP contribution is -2.25. The Kier molecular flexibility index (Phi) is 5.56. The van der Waals surface area contributed by atoms with E-state index in [9.17, 15) is 4.79 Å². The van der Waals surface area contributed by atoms with Crippen molar-refractivity contribution in [3.05, 3.63) is 64.7 Å². The van der Waals surface area contributed by atoms with E-state index in [-0.39, 0.29) is 5.91 Å². The molecular weight excluding hydrogens is 324 g/mol. The van der Waals surface area contributed by atoms with Crippen molar-refractivity contribution in [3.63, 3.8) is 0 Å². The third-order valence-corrected chi connectivity index (χ3v) is 4.85. The first-order valence-electron chi connectivity index (χ1n) is 9.01. The second-order valence-corrected chi connectivity index (χ2v) is 6.81. The van der Waals surface area contributed by atoms with Gasteiger partial charge in [-0.3, -0.25) is 4.79 Å². The van der Waals surface area contributed by atoms with Crippen LogP contribution in [-0.2, 0) is 17.9 Å². The lowest BCUT2D eigenvalue weighted by Gasteiger charge is -2.17. The number of amides is 1. The Labute approximate surface area is 154 Å². The molecule has 1 fully saturated rings. The zero-order valence-corrected chi connectivity index (χ0v) is 15.5. The number of aryl methyl sites for hydroxylation is 2. The molecule has 5 nitrogen and oxygen atoms in total. The van der Waals surface area contributed by atoms with Gasteiger partial charge >= 0.3 is 0 Å². The maximum absolute atomic E-state index is 11.9. The fourth-order valence-electron chi connectivity index (χ4n) is 3.12. The van der Waals surface area contributed by atoms with Crippen LogP contribution in [0.2, 0.25) is 0 Å². The number of nitrogens with one attached hydrogen (secondary N) is 1. The minimum Gasteiger partial charge on any atom is -0.370 e. The van der Waals surface area contributed by atoms with Crippen LogP contribution in [0.25, 0.3) is 0 Å². The number of carbonyl (C=O) groups is 1. The van der Waals surface area contributed by atoms with Gasteiger partial charge in [-0.2, -0.15) is 0 Å². The van der Waals surface area contributed by atoms with Gasteiger partial charge in [0.15, 0.2) is 5.96 Å². The van der Waals surface area contributed by atoms with Crippen LogP contribution >= 0.6 is 0 Å². The molecule has 2 aromatic carbocycles. The van der Waals surface area contributed by atoms with Gasteiger partial charge in [-0.1, -0.05) is 30.3 Å². The van der Waals surface area contributed by atoms with Crippen LogP contribution in [0.3, 0.4) is 0 Å². The fraction of sp³-hybridized carbons (Fsp3) is 0.333. The third kappa shape index (κ3) is 4.42. The lowest BCUT2D eigenvalue weighted by atomic mass is 10.1. The van der Waals surface area contributed by atoms with E-state index in [1.165, 1.54) is 11.1 Å². The molecular formula is C21H26N4O. The SMILES string of the molecule is Cc1ccc(NC(N)=NCc2ccccc2CN2CCCC2=O)cc1C. The summed E-state index contributed by atoms with van der Waals surface area (Å²) in [6.07, 6.45) is 1.61. The Morgan fingerprint density at radius 2 is 1.92 bits per heavy atom. The third-order valence-electron chi connectivity index (χ3n) is 4.85. The molecule has 0 bridgehead atoms. The molecule has 0 aromatic heterocycles. The highest BCUT2D eigenvalue weighted by atomic mass is 16.2. The van der Waals surface area contributed by atoms with Crippen LogP contribution < -0.4 is 11.1 Å². The molecule has 136 valence electrons. The number of nitrogens with zero attached hydrogens (tertiary/aromatic N) is 2. The quantitative estimate of drug-likeness (QED) is 0.642. The molecule has 1 heterocycles. The van der Waals surface area contributed by atoms with Gasteiger partial charge in [-0.25, -0.2) is 4.99 Å². The molecule has 1 saturated heterocycles. The van der Waals surface area contributed by atoms with Gasteiger partial charge in [0, 0.05) is 25.2 Å². The molecule has 0 unspecified atom stereocenters. The Morgan fingerprint density at radius 3 is 2.62 bits per heavy atom. The van der Waals surface area contributed by atoms with Gasteiger partial charge in [0.1, 0.15) is 0 Å². The number of rotatable bonds is 5. The largest absolute Gasteiger partial charge is 0.370 e. The Hall–Kier alpha value is -2.82. The van der Waals surface area contributed by atoms with Crippen molar-refractivity contribution in [2.24, 2.45) is 10.7 Å². The smallest absolute Gasteiger partial charge is 0.222 e. The van der Waals surface area contributed by atoms with Gasteiger partial charge in [0.25, 0.3) is 0 Å². The molecule has 2 aromatic rings. The maximum atomic E-state index is 11.9. The summed E-state index contributed by atoms with van der Waals surface area (Å²) >= 11 is 0. The lowest BCUT2D eigenvalue weighted by molar-refractivity contribution is -0.128. The standard InChI is InChI=1S/C21H26N4O/c1-15-9-10-19(12-16(15)2)24-21(22)23-13-17-6-3-4-7-18(17)14-25-11-5-8-20(25)26/h3-4,6-7,9-10,12H,5,8,11,13-14H2,1-2H3,(H3,22,23,24). The summed E-state index contributed by atoms with van der Waals surface area (Å²) in [7, 11) is 0. The summed E-state index contributed by atoms with van der Waals surface area (Å²) in [4.78, 5) is 18.3. The Balaban J connectivity index is 1.67. The number of guanidine groups is 1. The molecule has 3 N–H and O–H groups in total. The molecule has 1 aliphatic heterocycles. The summed E-state index contributed by atoms with van der Waals surface area (Å²) < 4.78 is 0. The highest BCUT2D eigenvalue weighted by Crippen LogP contribution is 2.18. The van der Waals surface area contributed by atoms with E-state index in [0.717, 1.165) is 29.8 Å². The number of hydrogen-bond donors (Lipinski definition) is 2. The molecule has 1 aliphatic rings. The normalized spacial score (nSPS) is 14.8.